The van der Waals surface area contributed by atoms with Crippen molar-refractivity contribution in [1.82, 2.24) is 4.31 Å². The summed E-state index contributed by atoms with van der Waals surface area (Å²) in [5, 5.41) is -0.335. The van der Waals surface area contributed by atoms with Crippen LogP contribution in [0.1, 0.15) is 39.5 Å². The fourth-order valence-corrected chi connectivity index (χ4v) is 3.53. The Morgan fingerprint density at radius 1 is 1.40 bits per heavy atom. The molecule has 1 aliphatic rings. The van der Waals surface area contributed by atoms with Gasteiger partial charge in [-0.15, -0.1) is 6.58 Å². The average Bonchev–Trinajstić information content (AvgIpc) is 2.66. The van der Waals surface area contributed by atoms with Crippen LogP contribution < -0.4 is 0 Å². The highest BCUT2D eigenvalue weighted by atomic mass is 32.2. The quantitative estimate of drug-likeness (QED) is 0.680. The van der Waals surface area contributed by atoms with Crippen molar-refractivity contribution in [3.8, 4) is 0 Å². The third-order valence-corrected chi connectivity index (χ3v) is 5.26. The van der Waals surface area contributed by atoms with Gasteiger partial charge in [0.2, 0.25) is 10.0 Å². The van der Waals surface area contributed by atoms with E-state index in [2.05, 4.69) is 6.58 Å². The van der Waals surface area contributed by atoms with E-state index >= 15 is 0 Å². The number of hydrogen-bond donors (Lipinski definition) is 0. The van der Waals surface area contributed by atoms with Crippen molar-refractivity contribution >= 4 is 10.0 Å². The SMILES string of the molecule is C=CCN(C1CCCC1)S(=O)(=O)C(C)C. The molecule has 1 saturated carbocycles. The van der Waals surface area contributed by atoms with Crippen molar-refractivity contribution in [2.45, 2.75) is 50.8 Å². The minimum atomic E-state index is -3.12. The molecule has 0 saturated heterocycles. The lowest BCUT2D eigenvalue weighted by Crippen LogP contribution is -2.42. The van der Waals surface area contributed by atoms with Crippen LogP contribution in [0.3, 0.4) is 0 Å². The molecule has 88 valence electrons. The first-order valence-electron chi connectivity index (χ1n) is 5.61. The molecule has 0 unspecified atom stereocenters. The standard InChI is InChI=1S/C11H21NO2S/c1-4-9-12(11-7-5-6-8-11)15(13,14)10(2)3/h4,10-11H,1,5-9H2,2-3H3. The van der Waals surface area contributed by atoms with Crippen LogP contribution in [0.2, 0.25) is 0 Å². The van der Waals surface area contributed by atoms with Crippen LogP contribution in [-0.4, -0.2) is 30.6 Å². The zero-order valence-electron chi connectivity index (χ0n) is 9.65. The predicted molar refractivity (Wildman–Crippen MR) is 63.2 cm³/mol. The zero-order chi connectivity index (χ0) is 11.5. The molecule has 0 aromatic heterocycles. The molecule has 1 fully saturated rings. The van der Waals surface area contributed by atoms with Gasteiger partial charge in [0, 0.05) is 12.6 Å². The first kappa shape index (κ1) is 12.7. The molecule has 0 spiro atoms. The maximum Gasteiger partial charge on any atom is 0.216 e. The second-order valence-electron chi connectivity index (χ2n) is 4.39. The molecule has 0 aromatic rings. The molecule has 0 aliphatic heterocycles. The zero-order valence-corrected chi connectivity index (χ0v) is 10.5. The summed E-state index contributed by atoms with van der Waals surface area (Å²) in [6.45, 7) is 7.56. The fourth-order valence-electron chi connectivity index (χ4n) is 2.05. The number of sulfonamides is 1. The lowest BCUT2D eigenvalue weighted by atomic mass is 10.2. The minimum absolute atomic E-state index is 0.204. The third-order valence-electron chi connectivity index (χ3n) is 2.96. The largest absolute Gasteiger partial charge is 0.216 e. The highest BCUT2D eigenvalue weighted by Crippen LogP contribution is 2.26. The Balaban J connectivity index is 2.85. The Kier molecular flexibility index (Phi) is 4.34. The van der Waals surface area contributed by atoms with Crippen molar-refractivity contribution in [2.75, 3.05) is 6.54 Å². The lowest BCUT2D eigenvalue weighted by Gasteiger charge is -2.28. The average molecular weight is 231 g/mol. The molecule has 0 N–H and O–H groups in total. The van der Waals surface area contributed by atoms with Gasteiger partial charge in [-0.3, -0.25) is 0 Å². The maximum absolute atomic E-state index is 12.1. The van der Waals surface area contributed by atoms with Crippen molar-refractivity contribution in [2.24, 2.45) is 0 Å². The van der Waals surface area contributed by atoms with Gasteiger partial charge < -0.3 is 0 Å². The van der Waals surface area contributed by atoms with Crippen LogP contribution >= 0.6 is 0 Å². The highest BCUT2D eigenvalue weighted by Gasteiger charge is 2.32. The van der Waals surface area contributed by atoms with E-state index in [1.807, 2.05) is 0 Å². The summed E-state index contributed by atoms with van der Waals surface area (Å²) < 4.78 is 25.8. The molecule has 0 bridgehead atoms. The molecule has 0 atom stereocenters. The molecule has 4 heteroatoms. The maximum atomic E-state index is 12.1. The predicted octanol–water partition coefficient (Wildman–Crippen LogP) is 2.16. The molecule has 1 rings (SSSR count). The van der Waals surface area contributed by atoms with Gasteiger partial charge in [0.1, 0.15) is 0 Å². The second-order valence-corrected chi connectivity index (χ2v) is 6.83. The molecular formula is C11H21NO2S. The molecule has 0 amide bonds. The summed E-state index contributed by atoms with van der Waals surface area (Å²) in [5.41, 5.74) is 0. The van der Waals surface area contributed by atoms with E-state index in [4.69, 9.17) is 0 Å². The van der Waals surface area contributed by atoms with Gasteiger partial charge >= 0.3 is 0 Å². The van der Waals surface area contributed by atoms with E-state index in [0.717, 1.165) is 25.7 Å². The summed E-state index contributed by atoms with van der Waals surface area (Å²) >= 11 is 0. The summed E-state index contributed by atoms with van der Waals surface area (Å²) in [7, 11) is -3.12. The number of nitrogens with zero attached hydrogens (tertiary/aromatic N) is 1. The van der Waals surface area contributed by atoms with Crippen LogP contribution in [0, 0.1) is 0 Å². The van der Waals surface area contributed by atoms with Gasteiger partial charge in [0.15, 0.2) is 0 Å². The molecule has 0 heterocycles. The summed E-state index contributed by atoms with van der Waals surface area (Å²) in [6.07, 6.45) is 5.97. The van der Waals surface area contributed by atoms with Gasteiger partial charge in [-0.25, -0.2) is 8.42 Å². The van der Waals surface area contributed by atoms with Gasteiger partial charge in [-0.05, 0) is 26.7 Å². The van der Waals surface area contributed by atoms with Crippen molar-refractivity contribution in [3.05, 3.63) is 12.7 Å². The Morgan fingerprint density at radius 3 is 2.33 bits per heavy atom. The molecule has 3 nitrogen and oxygen atoms in total. The topological polar surface area (TPSA) is 37.4 Å². The molecule has 15 heavy (non-hydrogen) atoms. The molecular weight excluding hydrogens is 210 g/mol. The lowest BCUT2D eigenvalue weighted by molar-refractivity contribution is 0.344. The Labute approximate surface area is 93.2 Å². The first-order chi connectivity index (χ1) is 7.00. The summed E-state index contributed by atoms with van der Waals surface area (Å²) in [4.78, 5) is 0. The number of hydrogen-bond acceptors (Lipinski definition) is 2. The van der Waals surface area contributed by atoms with E-state index in [9.17, 15) is 8.42 Å². The van der Waals surface area contributed by atoms with E-state index in [1.165, 1.54) is 0 Å². The first-order valence-corrected chi connectivity index (χ1v) is 7.12. The number of rotatable bonds is 5. The van der Waals surface area contributed by atoms with Crippen molar-refractivity contribution in [3.63, 3.8) is 0 Å². The normalized spacial score (nSPS) is 18.9. The van der Waals surface area contributed by atoms with Crippen molar-refractivity contribution in [1.29, 1.82) is 0 Å². The Bertz CT molecular complexity index is 303. The Hall–Kier alpha value is -0.350. The molecule has 0 radical (unpaired) electrons. The third kappa shape index (κ3) is 2.82. The van der Waals surface area contributed by atoms with Crippen LogP contribution in [0.15, 0.2) is 12.7 Å². The summed E-state index contributed by atoms with van der Waals surface area (Å²) in [5.74, 6) is 0. The van der Waals surface area contributed by atoms with Gasteiger partial charge in [-0.1, -0.05) is 18.9 Å². The van der Waals surface area contributed by atoms with Gasteiger partial charge in [0.25, 0.3) is 0 Å². The summed E-state index contributed by atoms with van der Waals surface area (Å²) in [6, 6.07) is 0.204. The van der Waals surface area contributed by atoms with Crippen LogP contribution in [0.4, 0.5) is 0 Å². The Morgan fingerprint density at radius 2 is 1.93 bits per heavy atom. The van der Waals surface area contributed by atoms with Crippen LogP contribution in [0.25, 0.3) is 0 Å². The monoisotopic (exact) mass is 231 g/mol. The van der Waals surface area contributed by atoms with E-state index in [1.54, 1.807) is 24.2 Å². The van der Waals surface area contributed by atoms with E-state index in [0.29, 0.717) is 6.54 Å². The van der Waals surface area contributed by atoms with Crippen LogP contribution in [-0.2, 0) is 10.0 Å². The second kappa shape index (κ2) is 5.12. The van der Waals surface area contributed by atoms with E-state index < -0.39 is 10.0 Å². The van der Waals surface area contributed by atoms with Gasteiger partial charge in [-0.2, -0.15) is 4.31 Å². The van der Waals surface area contributed by atoms with E-state index in [-0.39, 0.29) is 11.3 Å². The highest BCUT2D eigenvalue weighted by molar-refractivity contribution is 7.89. The fraction of sp³-hybridized carbons (Fsp3) is 0.818. The van der Waals surface area contributed by atoms with Crippen LogP contribution in [0.5, 0.6) is 0 Å². The van der Waals surface area contributed by atoms with Crippen molar-refractivity contribution < 1.29 is 8.42 Å². The van der Waals surface area contributed by atoms with Gasteiger partial charge in [0.05, 0.1) is 5.25 Å². The molecule has 0 aromatic carbocycles. The minimum Gasteiger partial charge on any atom is -0.212 e. The molecule has 1 aliphatic carbocycles. The smallest absolute Gasteiger partial charge is 0.212 e.